The van der Waals surface area contributed by atoms with Gasteiger partial charge >= 0.3 is 17.9 Å². The lowest BCUT2D eigenvalue weighted by Crippen LogP contribution is -2.30. The highest BCUT2D eigenvalue weighted by molar-refractivity contribution is 5.71. The summed E-state index contributed by atoms with van der Waals surface area (Å²) in [7, 11) is 0. The fraction of sp³-hybridized carbons (Fsp3) is 0.879. The van der Waals surface area contributed by atoms with Crippen molar-refractivity contribution in [3.05, 3.63) is 24.3 Å². The summed E-state index contributed by atoms with van der Waals surface area (Å²) >= 11 is 0. The minimum atomic E-state index is -0.774. The normalized spacial score (nSPS) is 12.1. The molecule has 0 radical (unpaired) electrons. The highest BCUT2D eigenvalue weighted by atomic mass is 16.6. The van der Waals surface area contributed by atoms with Crippen LogP contribution in [0.2, 0.25) is 0 Å². The van der Waals surface area contributed by atoms with Crippen molar-refractivity contribution in [3.63, 3.8) is 0 Å². The highest BCUT2D eigenvalue weighted by Crippen LogP contribution is 2.16. The predicted octanol–water partition coefficient (Wildman–Crippen LogP) is 18.7. The van der Waals surface area contributed by atoms with Crippen LogP contribution in [0, 0.1) is 0 Å². The molecule has 0 saturated heterocycles. The molecule has 6 heteroatoms. The van der Waals surface area contributed by atoms with Gasteiger partial charge in [-0.1, -0.05) is 244 Å². The van der Waals surface area contributed by atoms with Crippen LogP contribution in [0.25, 0.3) is 0 Å². The Bertz CT molecular complexity index is 1040. The fourth-order valence-corrected chi connectivity index (χ4v) is 8.37. The van der Waals surface area contributed by atoms with Crippen LogP contribution in [-0.2, 0) is 28.6 Å². The molecule has 376 valence electrons. The van der Waals surface area contributed by atoms with E-state index in [0.29, 0.717) is 19.3 Å². The average molecular weight is 901 g/mol. The van der Waals surface area contributed by atoms with Crippen molar-refractivity contribution in [3.8, 4) is 0 Å². The zero-order chi connectivity index (χ0) is 46.5. The van der Waals surface area contributed by atoms with E-state index in [0.717, 1.165) is 70.6 Å². The molecule has 0 N–H and O–H groups in total. The summed E-state index contributed by atoms with van der Waals surface area (Å²) in [6.45, 7) is 6.64. The van der Waals surface area contributed by atoms with E-state index in [-0.39, 0.29) is 31.1 Å². The molecule has 0 aromatic heterocycles. The van der Waals surface area contributed by atoms with E-state index in [1.165, 1.54) is 199 Å². The van der Waals surface area contributed by atoms with Crippen LogP contribution in [0.3, 0.4) is 0 Å². The molecule has 0 amide bonds. The molecule has 0 aromatic rings. The number of ether oxygens (including phenoxy) is 3. The van der Waals surface area contributed by atoms with Crippen molar-refractivity contribution >= 4 is 17.9 Å². The zero-order valence-electron chi connectivity index (χ0n) is 43.1. The average Bonchev–Trinajstić information content (AvgIpc) is 3.29. The summed E-state index contributed by atoms with van der Waals surface area (Å²) in [5.74, 6) is -0.873. The van der Waals surface area contributed by atoms with Crippen LogP contribution in [0.4, 0.5) is 0 Å². The Balaban J connectivity index is 4.30. The third-order valence-electron chi connectivity index (χ3n) is 12.7. The maximum absolute atomic E-state index is 12.8. The van der Waals surface area contributed by atoms with Gasteiger partial charge in [-0.3, -0.25) is 14.4 Å². The van der Waals surface area contributed by atoms with Crippen LogP contribution < -0.4 is 0 Å². The number of hydrogen-bond acceptors (Lipinski definition) is 6. The first-order valence-electron chi connectivity index (χ1n) is 28.3. The Kier molecular flexibility index (Phi) is 51.7. The molecule has 0 aliphatic rings. The van der Waals surface area contributed by atoms with Gasteiger partial charge in [0, 0.05) is 19.3 Å². The van der Waals surface area contributed by atoms with Gasteiger partial charge in [-0.15, -0.1) is 0 Å². The summed E-state index contributed by atoms with van der Waals surface area (Å²) in [5.41, 5.74) is 0. The predicted molar refractivity (Wildman–Crippen MR) is 275 cm³/mol. The quantitative estimate of drug-likeness (QED) is 0.0262. The third kappa shape index (κ3) is 50.9. The lowest BCUT2D eigenvalue weighted by molar-refractivity contribution is -0.167. The molecular weight excluding hydrogens is 793 g/mol. The van der Waals surface area contributed by atoms with Gasteiger partial charge in [0.15, 0.2) is 6.10 Å². The van der Waals surface area contributed by atoms with Gasteiger partial charge < -0.3 is 14.2 Å². The van der Waals surface area contributed by atoms with E-state index in [9.17, 15) is 14.4 Å². The Morgan fingerprint density at radius 2 is 0.516 bits per heavy atom. The summed E-state index contributed by atoms with van der Waals surface area (Å²) < 4.78 is 16.8. The minimum Gasteiger partial charge on any atom is -0.462 e. The standard InChI is InChI=1S/C58H108O6/c1-4-7-10-13-16-19-22-25-27-28-29-30-32-33-36-39-42-45-48-51-57(60)63-54-55(53-62-56(59)50-47-44-41-38-35-24-21-18-15-12-9-6-3)64-58(61)52-49-46-43-40-37-34-31-26-23-20-17-14-11-8-5-2/h18,21,26,31,55H,4-17,19-20,22-25,27-30,32-54H2,1-3H3/b21-18-,31-26-/t55-/m1/s1. The first-order chi connectivity index (χ1) is 31.5. The maximum Gasteiger partial charge on any atom is 0.306 e. The smallest absolute Gasteiger partial charge is 0.306 e. The second kappa shape index (κ2) is 53.5. The topological polar surface area (TPSA) is 78.9 Å². The molecule has 6 nitrogen and oxygen atoms in total. The molecule has 0 fully saturated rings. The van der Waals surface area contributed by atoms with E-state index >= 15 is 0 Å². The Hall–Kier alpha value is -2.11. The number of carbonyl (C=O) groups excluding carboxylic acids is 3. The molecular formula is C58H108O6. The monoisotopic (exact) mass is 901 g/mol. The van der Waals surface area contributed by atoms with Crippen LogP contribution in [0.1, 0.15) is 310 Å². The lowest BCUT2D eigenvalue weighted by atomic mass is 10.0. The summed E-state index contributed by atoms with van der Waals surface area (Å²) in [4.78, 5) is 38.1. The molecule has 0 rings (SSSR count). The van der Waals surface area contributed by atoms with Crippen molar-refractivity contribution < 1.29 is 28.6 Å². The van der Waals surface area contributed by atoms with Gasteiger partial charge in [0.05, 0.1) is 0 Å². The van der Waals surface area contributed by atoms with E-state index in [4.69, 9.17) is 14.2 Å². The summed E-state index contributed by atoms with van der Waals surface area (Å²) in [5, 5.41) is 0. The van der Waals surface area contributed by atoms with Crippen LogP contribution in [0.15, 0.2) is 24.3 Å². The molecule has 64 heavy (non-hydrogen) atoms. The Labute approximate surface area is 398 Å². The van der Waals surface area contributed by atoms with Gasteiger partial charge in [-0.2, -0.15) is 0 Å². The number of allylic oxidation sites excluding steroid dienone is 4. The van der Waals surface area contributed by atoms with Gasteiger partial charge in [0.2, 0.25) is 0 Å². The second-order valence-electron chi connectivity index (χ2n) is 19.2. The first kappa shape index (κ1) is 61.9. The van der Waals surface area contributed by atoms with E-state index < -0.39 is 6.10 Å². The van der Waals surface area contributed by atoms with Crippen LogP contribution in [0.5, 0.6) is 0 Å². The molecule has 0 aliphatic heterocycles. The molecule has 1 atom stereocenters. The van der Waals surface area contributed by atoms with Gasteiger partial charge in [0.25, 0.3) is 0 Å². The van der Waals surface area contributed by atoms with E-state index in [1.807, 2.05) is 0 Å². The number of carbonyl (C=O) groups is 3. The number of rotatable bonds is 52. The highest BCUT2D eigenvalue weighted by Gasteiger charge is 2.19. The first-order valence-corrected chi connectivity index (χ1v) is 28.3. The molecule has 0 saturated carbocycles. The van der Waals surface area contributed by atoms with Crippen molar-refractivity contribution in [2.75, 3.05) is 13.2 Å². The Morgan fingerprint density at radius 3 is 0.812 bits per heavy atom. The zero-order valence-corrected chi connectivity index (χ0v) is 43.1. The Morgan fingerprint density at radius 1 is 0.297 bits per heavy atom. The maximum atomic E-state index is 12.8. The van der Waals surface area contributed by atoms with Crippen LogP contribution >= 0.6 is 0 Å². The lowest BCUT2D eigenvalue weighted by Gasteiger charge is -2.18. The van der Waals surface area contributed by atoms with Crippen molar-refractivity contribution in [1.82, 2.24) is 0 Å². The SMILES string of the molecule is CCCCC/C=C\CCCCCCCC(=O)OC[C@H](COC(=O)CCCCCCCCCCCCCCCCCCCCC)OC(=O)CCCCCCC/C=C\CCCCCCCC. The molecule has 0 bridgehead atoms. The van der Waals surface area contributed by atoms with E-state index in [2.05, 4.69) is 45.1 Å². The molecule has 0 unspecified atom stereocenters. The number of hydrogen-bond donors (Lipinski definition) is 0. The van der Waals surface area contributed by atoms with Gasteiger partial charge in [-0.25, -0.2) is 0 Å². The molecule has 0 aliphatic carbocycles. The summed E-state index contributed by atoms with van der Waals surface area (Å²) in [6, 6.07) is 0. The number of unbranched alkanes of at least 4 members (excludes halogenated alkanes) is 37. The second-order valence-corrected chi connectivity index (χ2v) is 19.2. The molecule has 0 heterocycles. The van der Waals surface area contributed by atoms with Crippen molar-refractivity contribution in [2.24, 2.45) is 0 Å². The third-order valence-corrected chi connectivity index (χ3v) is 12.7. The largest absolute Gasteiger partial charge is 0.462 e. The minimum absolute atomic E-state index is 0.0730. The molecule has 0 aromatic carbocycles. The van der Waals surface area contributed by atoms with Gasteiger partial charge in [-0.05, 0) is 70.6 Å². The van der Waals surface area contributed by atoms with Gasteiger partial charge in [0.1, 0.15) is 13.2 Å². The van der Waals surface area contributed by atoms with Crippen molar-refractivity contribution in [2.45, 2.75) is 316 Å². The number of esters is 3. The fourth-order valence-electron chi connectivity index (χ4n) is 8.37. The van der Waals surface area contributed by atoms with Crippen LogP contribution in [-0.4, -0.2) is 37.2 Å². The van der Waals surface area contributed by atoms with Crippen molar-refractivity contribution in [1.29, 1.82) is 0 Å². The summed E-state index contributed by atoms with van der Waals surface area (Å²) in [6.07, 6.45) is 61.7. The van der Waals surface area contributed by atoms with E-state index in [1.54, 1.807) is 0 Å². The molecule has 0 spiro atoms.